The number of hydrogen-bond acceptors (Lipinski definition) is 4. The van der Waals surface area contributed by atoms with Gasteiger partial charge in [0.05, 0.1) is 17.8 Å². The molecule has 164 valence electrons. The highest BCUT2D eigenvalue weighted by Gasteiger charge is 2.40. The number of likely N-dealkylation sites (tertiary alicyclic amines) is 1. The van der Waals surface area contributed by atoms with Gasteiger partial charge in [0.1, 0.15) is 0 Å². The van der Waals surface area contributed by atoms with Gasteiger partial charge in [0.25, 0.3) is 0 Å². The number of piperidine rings is 1. The minimum absolute atomic E-state index is 0.0605. The van der Waals surface area contributed by atoms with Crippen LogP contribution in [0.25, 0.3) is 10.9 Å². The lowest BCUT2D eigenvalue weighted by atomic mass is 9.68. The number of aliphatic hydroxyl groups excluding tert-OH is 1. The fourth-order valence-corrected chi connectivity index (χ4v) is 4.74. The number of pyridine rings is 1. The molecule has 7 nitrogen and oxygen atoms in total. The van der Waals surface area contributed by atoms with Crippen LogP contribution >= 0.6 is 11.6 Å². The standard InChI is InChI=1S/C23H28ClN5O2/c1-23(2,21(30)19-11-18(24)10-16-14-27-28-20(16)19)17-5-8-29(9-6-17)22(31)26-13-15-4-3-7-25-12-15/h3-4,7,10-12,14,17,21,30H,5-6,8-9,13H2,1-2H3,(H,26,31)(H,27,28)/t21-/m1/s1. The minimum atomic E-state index is -0.704. The summed E-state index contributed by atoms with van der Waals surface area (Å²) in [6, 6.07) is 7.39. The van der Waals surface area contributed by atoms with E-state index >= 15 is 0 Å². The van der Waals surface area contributed by atoms with Gasteiger partial charge in [-0.15, -0.1) is 0 Å². The Labute approximate surface area is 186 Å². The molecule has 31 heavy (non-hydrogen) atoms. The van der Waals surface area contributed by atoms with Crippen LogP contribution in [0.1, 0.15) is 43.9 Å². The van der Waals surface area contributed by atoms with Gasteiger partial charge in [-0.1, -0.05) is 31.5 Å². The SMILES string of the molecule is CC(C)(C1CCN(C(=O)NCc2cccnc2)CC1)[C@H](O)c1cc(Cl)cc2cn[nH]c12. The van der Waals surface area contributed by atoms with Gasteiger partial charge in [-0.2, -0.15) is 5.10 Å². The second-order valence-electron chi connectivity index (χ2n) is 8.83. The normalized spacial score (nSPS) is 16.5. The van der Waals surface area contributed by atoms with Crippen molar-refractivity contribution in [3.63, 3.8) is 0 Å². The van der Waals surface area contributed by atoms with Gasteiger partial charge in [0, 0.05) is 48.0 Å². The van der Waals surface area contributed by atoms with Crippen molar-refractivity contribution >= 4 is 28.5 Å². The average molecular weight is 442 g/mol. The van der Waals surface area contributed by atoms with Gasteiger partial charge in [0.15, 0.2) is 0 Å². The van der Waals surface area contributed by atoms with Crippen LogP contribution in [0.15, 0.2) is 42.9 Å². The molecule has 0 aliphatic carbocycles. The predicted molar refractivity (Wildman–Crippen MR) is 121 cm³/mol. The Morgan fingerprint density at radius 1 is 1.35 bits per heavy atom. The Balaban J connectivity index is 1.39. The fourth-order valence-electron chi connectivity index (χ4n) is 4.51. The summed E-state index contributed by atoms with van der Waals surface area (Å²) in [6.45, 7) is 5.96. The summed E-state index contributed by atoms with van der Waals surface area (Å²) < 4.78 is 0. The molecule has 1 saturated heterocycles. The quantitative estimate of drug-likeness (QED) is 0.550. The monoisotopic (exact) mass is 441 g/mol. The van der Waals surface area contributed by atoms with Crippen molar-refractivity contribution in [1.29, 1.82) is 0 Å². The lowest BCUT2D eigenvalue weighted by Crippen LogP contribution is -2.47. The summed E-state index contributed by atoms with van der Waals surface area (Å²) >= 11 is 6.28. The molecule has 3 aromatic rings. The number of fused-ring (bicyclic) bond motifs is 1. The molecule has 3 N–H and O–H groups in total. The lowest BCUT2D eigenvalue weighted by molar-refractivity contribution is -0.0143. The number of H-pyrrole nitrogens is 1. The molecule has 1 aromatic carbocycles. The van der Waals surface area contributed by atoms with Crippen molar-refractivity contribution in [3.8, 4) is 0 Å². The second-order valence-corrected chi connectivity index (χ2v) is 9.27. The number of amides is 2. The molecule has 4 rings (SSSR count). The zero-order chi connectivity index (χ0) is 22.0. The van der Waals surface area contributed by atoms with Crippen LogP contribution in [0.3, 0.4) is 0 Å². The highest BCUT2D eigenvalue weighted by atomic mass is 35.5. The van der Waals surface area contributed by atoms with E-state index in [1.165, 1.54) is 0 Å². The molecule has 1 aliphatic heterocycles. The first-order valence-corrected chi connectivity index (χ1v) is 11.0. The van der Waals surface area contributed by atoms with Crippen LogP contribution in [0.5, 0.6) is 0 Å². The van der Waals surface area contributed by atoms with Crippen molar-refractivity contribution in [2.24, 2.45) is 11.3 Å². The molecule has 0 unspecified atom stereocenters. The molecule has 3 heterocycles. The molecule has 0 saturated carbocycles. The lowest BCUT2D eigenvalue weighted by Gasteiger charge is -2.43. The van der Waals surface area contributed by atoms with E-state index in [9.17, 15) is 9.90 Å². The van der Waals surface area contributed by atoms with E-state index in [1.807, 2.05) is 29.2 Å². The molecule has 1 fully saturated rings. The molecule has 8 heteroatoms. The number of carbonyl (C=O) groups is 1. The van der Waals surface area contributed by atoms with E-state index in [2.05, 4.69) is 34.3 Å². The van der Waals surface area contributed by atoms with Gasteiger partial charge >= 0.3 is 6.03 Å². The van der Waals surface area contributed by atoms with E-state index in [1.54, 1.807) is 18.6 Å². The molecule has 0 spiro atoms. The molecule has 2 amide bonds. The van der Waals surface area contributed by atoms with Crippen LogP contribution in [-0.2, 0) is 6.54 Å². The number of nitrogens with one attached hydrogen (secondary N) is 2. The maximum absolute atomic E-state index is 12.6. The van der Waals surface area contributed by atoms with Gasteiger partial charge in [-0.3, -0.25) is 10.1 Å². The largest absolute Gasteiger partial charge is 0.388 e. The van der Waals surface area contributed by atoms with Crippen LogP contribution < -0.4 is 5.32 Å². The summed E-state index contributed by atoms with van der Waals surface area (Å²) in [5.41, 5.74) is 2.17. The number of aromatic amines is 1. The Kier molecular flexibility index (Phi) is 6.16. The Bertz CT molecular complexity index is 1040. The Morgan fingerprint density at radius 2 is 2.13 bits per heavy atom. The van der Waals surface area contributed by atoms with Gasteiger partial charge in [0.2, 0.25) is 0 Å². The Hall–Kier alpha value is -2.64. The number of carbonyl (C=O) groups excluding carboxylic acids is 1. The molecule has 0 bridgehead atoms. The van der Waals surface area contributed by atoms with Crippen LogP contribution in [0, 0.1) is 11.3 Å². The molecular weight excluding hydrogens is 414 g/mol. The van der Waals surface area contributed by atoms with Gasteiger partial charge in [-0.25, -0.2) is 4.79 Å². The van der Waals surface area contributed by atoms with Crippen molar-refractivity contribution < 1.29 is 9.90 Å². The number of halogens is 1. The van der Waals surface area contributed by atoms with E-state index in [4.69, 9.17) is 11.6 Å². The number of urea groups is 1. The number of aromatic nitrogens is 3. The van der Waals surface area contributed by atoms with Crippen molar-refractivity contribution in [1.82, 2.24) is 25.4 Å². The predicted octanol–water partition coefficient (Wildman–Crippen LogP) is 4.29. The number of hydrogen-bond donors (Lipinski definition) is 3. The van der Waals surface area contributed by atoms with Crippen molar-refractivity contribution in [3.05, 3.63) is 59.0 Å². The van der Waals surface area contributed by atoms with Crippen molar-refractivity contribution in [2.75, 3.05) is 13.1 Å². The van der Waals surface area contributed by atoms with Gasteiger partial charge < -0.3 is 15.3 Å². The number of aliphatic hydroxyl groups is 1. The zero-order valence-corrected chi connectivity index (χ0v) is 18.6. The fraction of sp³-hybridized carbons (Fsp3) is 0.435. The summed E-state index contributed by atoms with van der Waals surface area (Å²) in [7, 11) is 0. The van der Waals surface area contributed by atoms with Crippen LogP contribution in [0.4, 0.5) is 4.79 Å². The number of nitrogens with zero attached hydrogens (tertiary/aromatic N) is 3. The third kappa shape index (κ3) is 4.52. The molecule has 2 aromatic heterocycles. The topological polar surface area (TPSA) is 94.1 Å². The minimum Gasteiger partial charge on any atom is -0.388 e. The van der Waals surface area contributed by atoms with E-state index in [0.29, 0.717) is 24.7 Å². The van der Waals surface area contributed by atoms with Gasteiger partial charge in [-0.05, 0) is 47.9 Å². The maximum atomic E-state index is 12.6. The summed E-state index contributed by atoms with van der Waals surface area (Å²) in [6.07, 6.45) is 6.14. The van der Waals surface area contributed by atoms with E-state index < -0.39 is 6.10 Å². The Morgan fingerprint density at radius 3 is 2.84 bits per heavy atom. The highest BCUT2D eigenvalue weighted by Crippen LogP contribution is 2.46. The molecular formula is C23H28ClN5O2. The van der Waals surface area contributed by atoms with Crippen LogP contribution in [0.2, 0.25) is 5.02 Å². The zero-order valence-electron chi connectivity index (χ0n) is 17.8. The maximum Gasteiger partial charge on any atom is 0.317 e. The number of rotatable bonds is 5. The van der Waals surface area contributed by atoms with Crippen molar-refractivity contribution in [2.45, 2.75) is 39.3 Å². The first kappa shape index (κ1) is 21.6. The third-order valence-corrected chi connectivity index (χ3v) is 6.76. The van der Waals surface area contributed by atoms with Crippen LogP contribution in [-0.4, -0.2) is 44.3 Å². The summed E-state index contributed by atoms with van der Waals surface area (Å²) in [5, 5.41) is 22.8. The first-order chi connectivity index (χ1) is 14.9. The third-order valence-electron chi connectivity index (χ3n) is 6.54. The molecule has 1 aliphatic rings. The van der Waals surface area contributed by atoms with E-state index in [-0.39, 0.29) is 17.4 Å². The second kappa shape index (κ2) is 8.85. The average Bonchev–Trinajstić information content (AvgIpc) is 3.25. The highest BCUT2D eigenvalue weighted by molar-refractivity contribution is 6.31. The summed E-state index contributed by atoms with van der Waals surface area (Å²) in [5.74, 6) is 0.266. The molecule has 1 atom stereocenters. The first-order valence-electron chi connectivity index (χ1n) is 10.6. The smallest absolute Gasteiger partial charge is 0.317 e. The number of benzene rings is 1. The summed E-state index contributed by atoms with van der Waals surface area (Å²) in [4.78, 5) is 18.5. The van der Waals surface area contributed by atoms with E-state index in [0.717, 1.165) is 34.9 Å². The molecule has 0 radical (unpaired) electrons.